The molecule has 112 valence electrons. The average molecular weight is 291 g/mol. The van der Waals surface area contributed by atoms with Crippen LogP contribution in [0.15, 0.2) is 0 Å². The molecule has 0 bridgehead atoms. The average Bonchev–Trinajstić information content (AvgIpc) is 2.27. The summed E-state index contributed by atoms with van der Waals surface area (Å²) in [5.74, 6) is -0.717. The van der Waals surface area contributed by atoms with Crippen LogP contribution < -0.4 is 0 Å². The lowest BCUT2D eigenvalue weighted by Gasteiger charge is -2.39. The molecule has 1 unspecified atom stereocenters. The zero-order valence-corrected chi connectivity index (χ0v) is 12.9. The first-order valence-corrected chi connectivity index (χ1v) is 8.55. The van der Waals surface area contributed by atoms with Crippen LogP contribution in [0.25, 0.3) is 0 Å². The van der Waals surface area contributed by atoms with Crippen LogP contribution in [-0.4, -0.2) is 42.6 Å². The molecule has 1 atom stereocenters. The second-order valence-electron chi connectivity index (χ2n) is 5.94. The fraction of sp³-hybridized carbons (Fsp3) is 0.923. The highest BCUT2D eigenvalue weighted by molar-refractivity contribution is 7.89. The van der Waals surface area contributed by atoms with Crippen molar-refractivity contribution in [2.45, 2.75) is 46.5 Å². The normalized spacial score (nSPS) is 25.7. The van der Waals surface area contributed by atoms with Gasteiger partial charge in [-0.3, -0.25) is 4.79 Å². The summed E-state index contributed by atoms with van der Waals surface area (Å²) in [5.41, 5.74) is -0.892. The molecular weight excluding hydrogens is 266 g/mol. The van der Waals surface area contributed by atoms with E-state index in [4.69, 9.17) is 0 Å². The molecule has 1 rings (SSSR count). The van der Waals surface area contributed by atoms with Crippen LogP contribution >= 0.6 is 0 Å². The van der Waals surface area contributed by atoms with Crippen LogP contribution in [0.2, 0.25) is 0 Å². The number of aliphatic carboxylic acids is 1. The molecule has 0 amide bonds. The maximum atomic E-state index is 12.2. The van der Waals surface area contributed by atoms with Crippen molar-refractivity contribution in [2.24, 2.45) is 11.3 Å². The SMILES string of the molecule is CCCC1(C(=O)O)CCCN(S(=O)(=O)CC(C)C)C1. The Kier molecular flexibility index (Phi) is 5.38. The van der Waals surface area contributed by atoms with Gasteiger partial charge in [0.05, 0.1) is 11.2 Å². The van der Waals surface area contributed by atoms with Crippen LogP contribution in [0.5, 0.6) is 0 Å². The molecule has 1 fully saturated rings. The lowest BCUT2D eigenvalue weighted by Crippen LogP contribution is -2.50. The molecule has 0 aromatic carbocycles. The van der Waals surface area contributed by atoms with Crippen LogP contribution in [0.4, 0.5) is 0 Å². The molecule has 6 heteroatoms. The van der Waals surface area contributed by atoms with Gasteiger partial charge in [-0.1, -0.05) is 27.2 Å². The summed E-state index contributed by atoms with van der Waals surface area (Å²) in [6.45, 7) is 6.24. The Labute approximate surface area is 116 Å². The van der Waals surface area contributed by atoms with E-state index in [0.29, 0.717) is 25.8 Å². The fourth-order valence-corrected chi connectivity index (χ4v) is 4.72. The fourth-order valence-electron chi connectivity index (χ4n) is 2.82. The highest BCUT2D eigenvalue weighted by Gasteiger charge is 2.44. The van der Waals surface area contributed by atoms with E-state index in [1.807, 2.05) is 20.8 Å². The van der Waals surface area contributed by atoms with Gasteiger partial charge in [-0.25, -0.2) is 12.7 Å². The number of sulfonamides is 1. The van der Waals surface area contributed by atoms with Gasteiger partial charge in [-0.15, -0.1) is 0 Å². The van der Waals surface area contributed by atoms with Gasteiger partial charge >= 0.3 is 5.97 Å². The zero-order valence-electron chi connectivity index (χ0n) is 12.1. The minimum Gasteiger partial charge on any atom is -0.481 e. The summed E-state index contributed by atoms with van der Waals surface area (Å²) >= 11 is 0. The van der Waals surface area contributed by atoms with Gasteiger partial charge in [0.1, 0.15) is 0 Å². The summed E-state index contributed by atoms with van der Waals surface area (Å²) in [7, 11) is -3.34. The summed E-state index contributed by atoms with van der Waals surface area (Å²) < 4.78 is 25.9. The molecule has 1 heterocycles. The lowest BCUT2D eigenvalue weighted by atomic mass is 9.77. The van der Waals surface area contributed by atoms with E-state index in [-0.39, 0.29) is 18.2 Å². The lowest BCUT2D eigenvalue weighted by molar-refractivity contribution is -0.151. The third-order valence-electron chi connectivity index (χ3n) is 3.66. The number of piperidine rings is 1. The van der Waals surface area contributed by atoms with Crippen molar-refractivity contribution in [3.05, 3.63) is 0 Å². The van der Waals surface area contributed by atoms with Crippen LogP contribution in [0.1, 0.15) is 46.5 Å². The molecule has 0 aliphatic carbocycles. The number of carboxylic acids is 1. The van der Waals surface area contributed by atoms with Crippen LogP contribution in [0.3, 0.4) is 0 Å². The third-order valence-corrected chi connectivity index (χ3v) is 5.85. The van der Waals surface area contributed by atoms with Crippen molar-refractivity contribution in [2.75, 3.05) is 18.8 Å². The smallest absolute Gasteiger partial charge is 0.310 e. The van der Waals surface area contributed by atoms with Gasteiger partial charge in [-0.2, -0.15) is 0 Å². The molecule has 19 heavy (non-hydrogen) atoms. The molecule has 1 aliphatic rings. The number of carbonyl (C=O) groups is 1. The quantitative estimate of drug-likeness (QED) is 0.811. The van der Waals surface area contributed by atoms with E-state index < -0.39 is 21.4 Å². The molecule has 0 radical (unpaired) electrons. The van der Waals surface area contributed by atoms with E-state index in [9.17, 15) is 18.3 Å². The predicted molar refractivity (Wildman–Crippen MR) is 74.4 cm³/mol. The minimum atomic E-state index is -3.34. The zero-order chi connectivity index (χ0) is 14.7. The molecule has 0 aromatic heterocycles. The van der Waals surface area contributed by atoms with Gasteiger partial charge in [0.25, 0.3) is 0 Å². The van der Waals surface area contributed by atoms with Gasteiger partial charge < -0.3 is 5.11 Å². The number of carboxylic acid groups (broad SMARTS) is 1. The van der Waals surface area contributed by atoms with E-state index in [0.717, 1.165) is 6.42 Å². The summed E-state index contributed by atoms with van der Waals surface area (Å²) in [4.78, 5) is 11.5. The van der Waals surface area contributed by atoms with E-state index in [1.165, 1.54) is 4.31 Å². The first-order chi connectivity index (χ1) is 8.73. The van der Waals surface area contributed by atoms with Gasteiger partial charge in [0.15, 0.2) is 0 Å². The minimum absolute atomic E-state index is 0.0531. The molecule has 0 saturated carbocycles. The van der Waals surface area contributed by atoms with Crippen molar-refractivity contribution >= 4 is 16.0 Å². The monoisotopic (exact) mass is 291 g/mol. The maximum absolute atomic E-state index is 12.2. The number of nitrogens with zero attached hydrogens (tertiary/aromatic N) is 1. The highest BCUT2D eigenvalue weighted by Crippen LogP contribution is 2.36. The first-order valence-electron chi connectivity index (χ1n) is 6.95. The largest absolute Gasteiger partial charge is 0.481 e. The van der Waals surface area contributed by atoms with E-state index in [1.54, 1.807) is 0 Å². The third kappa shape index (κ3) is 3.92. The number of rotatable bonds is 6. The van der Waals surface area contributed by atoms with Crippen molar-refractivity contribution in [1.82, 2.24) is 4.31 Å². The molecule has 1 saturated heterocycles. The Morgan fingerprint density at radius 1 is 1.42 bits per heavy atom. The molecule has 5 nitrogen and oxygen atoms in total. The number of hydrogen-bond acceptors (Lipinski definition) is 3. The molecule has 0 aromatic rings. The summed E-state index contributed by atoms with van der Waals surface area (Å²) in [6.07, 6.45) is 2.49. The summed E-state index contributed by atoms with van der Waals surface area (Å²) in [6, 6.07) is 0. The van der Waals surface area contributed by atoms with Gasteiger partial charge in [-0.05, 0) is 25.2 Å². The Balaban J connectivity index is 2.92. The Morgan fingerprint density at radius 2 is 2.05 bits per heavy atom. The first kappa shape index (κ1) is 16.4. The Hall–Kier alpha value is -0.620. The van der Waals surface area contributed by atoms with Crippen LogP contribution in [0, 0.1) is 11.3 Å². The van der Waals surface area contributed by atoms with Crippen molar-refractivity contribution in [3.63, 3.8) is 0 Å². The van der Waals surface area contributed by atoms with Gasteiger partial charge in [0, 0.05) is 13.1 Å². The van der Waals surface area contributed by atoms with Gasteiger partial charge in [0.2, 0.25) is 10.0 Å². The van der Waals surface area contributed by atoms with Crippen molar-refractivity contribution in [1.29, 1.82) is 0 Å². The predicted octanol–water partition coefficient (Wildman–Crippen LogP) is 1.94. The molecular formula is C13H25NO4S. The number of hydrogen-bond donors (Lipinski definition) is 1. The van der Waals surface area contributed by atoms with Crippen LogP contribution in [-0.2, 0) is 14.8 Å². The second-order valence-corrected chi connectivity index (χ2v) is 7.96. The van der Waals surface area contributed by atoms with Crippen molar-refractivity contribution < 1.29 is 18.3 Å². The highest BCUT2D eigenvalue weighted by atomic mass is 32.2. The topological polar surface area (TPSA) is 74.7 Å². The molecule has 1 aliphatic heterocycles. The summed E-state index contributed by atoms with van der Waals surface area (Å²) in [5, 5.41) is 9.46. The van der Waals surface area contributed by atoms with E-state index in [2.05, 4.69) is 0 Å². The second kappa shape index (κ2) is 6.22. The Morgan fingerprint density at radius 3 is 2.53 bits per heavy atom. The van der Waals surface area contributed by atoms with E-state index >= 15 is 0 Å². The molecule has 0 spiro atoms. The van der Waals surface area contributed by atoms with Crippen molar-refractivity contribution in [3.8, 4) is 0 Å². The Bertz CT molecular complexity index is 414. The maximum Gasteiger partial charge on any atom is 0.310 e. The standard InChI is InChI=1S/C13H25NO4S/c1-4-6-13(12(15)16)7-5-8-14(10-13)19(17,18)9-11(2)3/h11H,4-10H2,1-3H3,(H,15,16). The molecule has 1 N–H and O–H groups in total.